The van der Waals surface area contributed by atoms with Crippen LogP contribution in [0.4, 0.5) is 0 Å². The van der Waals surface area contributed by atoms with Gasteiger partial charge in [-0.15, -0.1) is 11.6 Å². The maximum Gasteiger partial charge on any atom is 0.159 e. The number of aromatic nitrogens is 2. The van der Waals surface area contributed by atoms with Gasteiger partial charge in [0, 0.05) is 12.4 Å². The number of hydrogen-bond donors (Lipinski definition) is 0. The Hall–Kier alpha value is -0.700. The highest BCUT2D eigenvalue weighted by molar-refractivity contribution is 6.20. The highest BCUT2D eigenvalue weighted by atomic mass is 35.5. The number of aryl methyl sites for hydroxylation is 1. The molecule has 1 unspecified atom stereocenters. The molecule has 1 aromatic heterocycles. The molecule has 1 heterocycles. The first-order valence-electron chi connectivity index (χ1n) is 5.38. The minimum atomic E-state index is 0.259. The Morgan fingerprint density at radius 1 is 1.53 bits per heavy atom. The monoisotopic (exact) mass is 230 g/mol. The summed E-state index contributed by atoms with van der Waals surface area (Å²) in [5.41, 5.74) is 1.12. The summed E-state index contributed by atoms with van der Waals surface area (Å²) in [5.74, 6) is 0.859. The van der Waals surface area contributed by atoms with Crippen molar-refractivity contribution in [2.75, 3.05) is 7.11 Å². The number of halogens is 1. The summed E-state index contributed by atoms with van der Waals surface area (Å²) in [6, 6.07) is 0. The van der Waals surface area contributed by atoms with Crippen LogP contribution in [0.2, 0.25) is 0 Å². The Bertz CT molecular complexity index is 299. The van der Waals surface area contributed by atoms with Gasteiger partial charge in [0.1, 0.15) is 0 Å². The lowest BCUT2D eigenvalue weighted by molar-refractivity contribution is 0.407. The average molecular weight is 231 g/mol. The van der Waals surface area contributed by atoms with E-state index >= 15 is 0 Å². The molecule has 1 atom stereocenters. The molecule has 1 rings (SSSR count). The van der Waals surface area contributed by atoms with Gasteiger partial charge >= 0.3 is 0 Å². The van der Waals surface area contributed by atoms with E-state index in [1.165, 1.54) is 0 Å². The first-order chi connectivity index (χ1) is 7.19. The first-order valence-corrected chi connectivity index (χ1v) is 5.81. The van der Waals surface area contributed by atoms with Gasteiger partial charge in [-0.2, -0.15) is 5.10 Å². The standard InChI is InChI=1S/C11H19ClN2O/c1-4-5-9(12)6-7-10-11(15-3)8-13-14(10)2/h8-9H,4-7H2,1-3H3. The van der Waals surface area contributed by atoms with Crippen molar-refractivity contribution in [3.63, 3.8) is 0 Å². The van der Waals surface area contributed by atoms with E-state index in [9.17, 15) is 0 Å². The molecular formula is C11H19ClN2O. The topological polar surface area (TPSA) is 27.1 Å². The molecule has 1 aromatic rings. The van der Waals surface area contributed by atoms with Crippen molar-refractivity contribution in [2.24, 2.45) is 7.05 Å². The summed E-state index contributed by atoms with van der Waals surface area (Å²) in [5, 5.41) is 4.42. The van der Waals surface area contributed by atoms with E-state index in [0.717, 1.165) is 37.1 Å². The van der Waals surface area contributed by atoms with Crippen LogP contribution in [0, 0.1) is 0 Å². The van der Waals surface area contributed by atoms with Crippen LogP contribution in [0.25, 0.3) is 0 Å². The van der Waals surface area contributed by atoms with Crippen molar-refractivity contribution in [2.45, 2.75) is 38.0 Å². The highest BCUT2D eigenvalue weighted by Crippen LogP contribution is 2.21. The molecule has 0 saturated carbocycles. The van der Waals surface area contributed by atoms with Gasteiger partial charge in [0.2, 0.25) is 0 Å². The van der Waals surface area contributed by atoms with E-state index in [4.69, 9.17) is 16.3 Å². The predicted octanol–water partition coefficient (Wildman–Crippen LogP) is 2.77. The van der Waals surface area contributed by atoms with Crippen molar-refractivity contribution in [1.82, 2.24) is 9.78 Å². The van der Waals surface area contributed by atoms with Gasteiger partial charge in [-0.1, -0.05) is 13.3 Å². The second-order valence-electron chi connectivity index (χ2n) is 3.71. The lowest BCUT2D eigenvalue weighted by atomic mass is 10.1. The quantitative estimate of drug-likeness (QED) is 0.703. The zero-order valence-corrected chi connectivity index (χ0v) is 10.4. The van der Waals surface area contributed by atoms with Crippen LogP contribution >= 0.6 is 11.6 Å². The summed E-state index contributed by atoms with van der Waals surface area (Å²) in [6.07, 6.45) is 5.86. The van der Waals surface area contributed by atoms with Crippen LogP contribution in [0.5, 0.6) is 5.75 Å². The molecule has 4 heteroatoms. The lowest BCUT2D eigenvalue weighted by Crippen LogP contribution is -2.05. The van der Waals surface area contributed by atoms with Crippen molar-refractivity contribution < 1.29 is 4.74 Å². The Morgan fingerprint density at radius 3 is 2.87 bits per heavy atom. The number of ether oxygens (including phenoxy) is 1. The molecule has 0 amide bonds. The summed E-state index contributed by atoms with van der Waals surface area (Å²) in [7, 11) is 3.60. The third kappa shape index (κ3) is 3.42. The maximum atomic E-state index is 6.18. The normalized spacial score (nSPS) is 12.8. The van der Waals surface area contributed by atoms with Crippen LogP contribution in [-0.2, 0) is 13.5 Å². The smallest absolute Gasteiger partial charge is 0.159 e. The minimum absolute atomic E-state index is 0.259. The molecule has 0 N–H and O–H groups in total. The number of alkyl halides is 1. The zero-order valence-electron chi connectivity index (χ0n) is 9.66. The predicted molar refractivity (Wildman–Crippen MR) is 62.6 cm³/mol. The molecule has 0 aromatic carbocycles. The number of methoxy groups -OCH3 is 1. The third-order valence-electron chi connectivity index (χ3n) is 2.54. The van der Waals surface area contributed by atoms with Crippen LogP contribution in [0.15, 0.2) is 6.20 Å². The average Bonchev–Trinajstić information content (AvgIpc) is 2.57. The van der Waals surface area contributed by atoms with E-state index in [0.29, 0.717) is 0 Å². The second kappa shape index (κ2) is 6.01. The number of rotatable bonds is 6. The molecule has 0 spiro atoms. The van der Waals surface area contributed by atoms with Crippen molar-refractivity contribution in [3.05, 3.63) is 11.9 Å². The SMILES string of the molecule is CCCC(Cl)CCc1c(OC)cnn1C. The molecule has 15 heavy (non-hydrogen) atoms. The molecule has 0 aliphatic heterocycles. The fraction of sp³-hybridized carbons (Fsp3) is 0.727. The number of nitrogens with zero attached hydrogens (tertiary/aromatic N) is 2. The molecule has 0 fully saturated rings. The first kappa shape index (κ1) is 12.4. The second-order valence-corrected chi connectivity index (χ2v) is 4.33. The van der Waals surface area contributed by atoms with Crippen molar-refractivity contribution >= 4 is 11.6 Å². The molecule has 0 bridgehead atoms. The Morgan fingerprint density at radius 2 is 2.27 bits per heavy atom. The third-order valence-corrected chi connectivity index (χ3v) is 2.98. The Labute approximate surface area is 96.4 Å². The molecule has 3 nitrogen and oxygen atoms in total. The molecular weight excluding hydrogens is 212 g/mol. The summed E-state index contributed by atoms with van der Waals surface area (Å²) < 4.78 is 7.09. The van der Waals surface area contributed by atoms with Crippen molar-refractivity contribution in [1.29, 1.82) is 0 Å². The molecule has 0 aliphatic carbocycles. The van der Waals surface area contributed by atoms with Gasteiger partial charge in [-0.3, -0.25) is 4.68 Å². The lowest BCUT2D eigenvalue weighted by Gasteiger charge is -2.09. The molecule has 0 radical (unpaired) electrons. The van der Waals surface area contributed by atoms with Crippen LogP contribution in [-0.4, -0.2) is 22.3 Å². The molecule has 0 saturated heterocycles. The van der Waals surface area contributed by atoms with E-state index < -0.39 is 0 Å². The van der Waals surface area contributed by atoms with Gasteiger partial charge < -0.3 is 4.74 Å². The number of hydrogen-bond acceptors (Lipinski definition) is 2. The summed E-state index contributed by atoms with van der Waals surface area (Å²) in [6.45, 7) is 2.15. The largest absolute Gasteiger partial charge is 0.493 e. The van der Waals surface area contributed by atoms with Crippen LogP contribution in [0.1, 0.15) is 31.9 Å². The molecule has 0 aliphatic rings. The van der Waals surface area contributed by atoms with Crippen molar-refractivity contribution in [3.8, 4) is 5.75 Å². The van der Waals surface area contributed by atoms with E-state index in [1.54, 1.807) is 13.3 Å². The Balaban J connectivity index is 2.52. The van der Waals surface area contributed by atoms with Gasteiger partial charge in [0.25, 0.3) is 0 Å². The zero-order chi connectivity index (χ0) is 11.3. The van der Waals surface area contributed by atoms with Crippen LogP contribution in [0.3, 0.4) is 0 Å². The van der Waals surface area contributed by atoms with Gasteiger partial charge in [0.05, 0.1) is 19.0 Å². The van der Waals surface area contributed by atoms with E-state index in [-0.39, 0.29) is 5.38 Å². The van der Waals surface area contributed by atoms with Gasteiger partial charge in [-0.05, 0) is 19.3 Å². The Kier molecular flexibility index (Phi) is 4.95. The van der Waals surface area contributed by atoms with E-state index in [1.807, 2.05) is 11.7 Å². The highest BCUT2D eigenvalue weighted by Gasteiger charge is 2.11. The summed E-state index contributed by atoms with van der Waals surface area (Å²) in [4.78, 5) is 0. The maximum absolute atomic E-state index is 6.18. The van der Waals surface area contributed by atoms with Gasteiger partial charge in [0.15, 0.2) is 5.75 Å². The van der Waals surface area contributed by atoms with E-state index in [2.05, 4.69) is 12.0 Å². The minimum Gasteiger partial charge on any atom is -0.493 e. The van der Waals surface area contributed by atoms with Gasteiger partial charge in [-0.25, -0.2) is 0 Å². The summed E-state index contributed by atoms with van der Waals surface area (Å²) >= 11 is 6.18. The molecule has 86 valence electrons. The fourth-order valence-electron chi connectivity index (χ4n) is 1.65. The fourth-order valence-corrected chi connectivity index (χ4v) is 1.98. The van der Waals surface area contributed by atoms with Crippen LogP contribution < -0.4 is 4.74 Å².